The Morgan fingerprint density at radius 1 is 1.50 bits per heavy atom. The van der Waals surface area contributed by atoms with E-state index in [1.165, 1.54) is 0 Å². The highest BCUT2D eigenvalue weighted by molar-refractivity contribution is 6.30. The number of nitrogens with zero attached hydrogens (tertiary/aromatic N) is 3. The van der Waals surface area contributed by atoms with Gasteiger partial charge in [0.05, 0.1) is 18.3 Å². The van der Waals surface area contributed by atoms with Crippen molar-refractivity contribution in [2.45, 2.75) is 50.6 Å². The zero-order valence-corrected chi connectivity index (χ0v) is 16.6. The Hall–Kier alpha value is -2.36. The van der Waals surface area contributed by atoms with Crippen molar-refractivity contribution in [2.24, 2.45) is 0 Å². The quantitative estimate of drug-likeness (QED) is 0.805. The van der Waals surface area contributed by atoms with Gasteiger partial charge in [-0.15, -0.1) is 0 Å². The SMILES string of the molecule is Cc1oc(-c2cccc(Cl)c2)nc1CC1(NCC(=O)N2CCC[C@H]2C#N)CC1. The van der Waals surface area contributed by atoms with Gasteiger partial charge in [0, 0.05) is 29.1 Å². The first-order valence-corrected chi connectivity index (χ1v) is 10.0. The van der Waals surface area contributed by atoms with Crippen molar-refractivity contribution < 1.29 is 9.21 Å². The van der Waals surface area contributed by atoms with Crippen LogP contribution in [0, 0.1) is 18.3 Å². The molecular formula is C21H23ClN4O2. The normalized spacial score (nSPS) is 20.2. The predicted octanol–water partition coefficient (Wildman–Crippen LogP) is 3.48. The fraction of sp³-hybridized carbons (Fsp3) is 0.476. The molecule has 0 unspecified atom stereocenters. The molecule has 1 saturated carbocycles. The van der Waals surface area contributed by atoms with Crippen LogP contribution >= 0.6 is 11.6 Å². The molecule has 1 N–H and O–H groups in total. The lowest BCUT2D eigenvalue weighted by molar-refractivity contribution is -0.130. The van der Waals surface area contributed by atoms with Gasteiger partial charge in [-0.3, -0.25) is 4.79 Å². The third-order valence-electron chi connectivity index (χ3n) is 5.66. The summed E-state index contributed by atoms with van der Waals surface area (Å²) in [7, 11) is 0. The smallest absolute Gasteiger partial charge is 0.237 e. The average molecular weight is 399 g/mol. The highest BCUT2D eigenvalue weighted by Crippen LogP contribution is 2.39. The highest BCUT2D eigenvalue weighted by Gasteiger charge is 2.44. The topological polar surface area (TPSA) is 82.2 Å². The van der Waals surface area contributed by atoms with Gasteiger partial charge in [0.25, 0.3) is 0 Å². The molecule has 1 amide bonds. The first-order valence-electron chi connectivity index (χ1n) is 9.66. The van der Waals surface area contributed by atoms with E-state index < -0.39 is 0 Å². The maximum absolute atomic E-state index is 12.5. The average Bonchev–Trinajstić information content (AvgIpc) is 3.11. The number of halogens is 1. The number of hydrogen-bond donors (Lipinski definition) is 1. The Kier molecular flexibility index (Phi) is 5.13. The largest absolute Gasteiger partial charge is 0.441 e. The molecule has 146 valence electrons. The summed E-state index contributed by atoms with van der Waals surface area (Å²) in [6, 6.07) is 9.40. The summed E-state index contributed by atoms with van der Waals surface area (Å²) in [6.07, 6.45) is 4.40. The fourth-order valence-corrected chi connectivity index (χ4v) is 3.98. The number of hydrogen-bond acceptors (Lipinski definition) is 5. The Bertz CT molecular complexity index is 929. The van der Waals surface area contributed by atoms with Gasteiger partial charge in [-0.25, -0.2) is 4.98 Å². The van der Waals surface area contributed by atoms with Crippen molar-refractivity contribution >= 4 is 17.5 Å². The molecule has 0 spiro atoms. The summed E-state index contributed by atoms with van der Waals surface area (Å²) in [5.74, 6) is 1.36. The molecule has 7 heteroatoms. The predicted molar refractivity (Wildman–Crippen MR) is 106 cm³/mol. The second kappa shape index (κ2) is 7.57. The van der Waals surface area contributed by atoms with Crippen molar-refractivity contribution in [3.63, 3.8) is 0 Å². The molecule has 2 aliphatic rings. The zero-order chi connectivity index (χ0) is 19.7. The van der Waals surface area contributed by atoms with E-state index in [9.17, 15) is 10.1 Å². The van der Waals surface area contributed by atoms with E-state index in [1.807, 2.05) is 31.2 Å². The van der Waals surface area contributed by atoms with Gasteiger partial charge in [0.15, 0.2) is 0 Å². The first-order chi connectivity index (χ1) is 13.5. The monoisotopic (exact) mass is 398 g/mol. The molecule has 1 atom stereocenters. The van der Waals surface area contributed by atoms with Crippen LogP contribution < -0.4 is 5.32 Å². The van der Waals surface area contributed by atoms with Gasteiger partial charge in [0.2, 0.25) is 11.8 Å². The second-order valence-electron chi connectivity index (χ2n) is 7.72. The van der Waals surface area contributed by atoms with Crippen LogP contribution in [0.4, 0.5) is 0 Å². The van der Waals surface area contributed by atoms with E-state index in [2.05, 4.69) is 16.4 Å². The van der Waals surface area contributed by atoms with Gasteiger partial charge in [-0.05, 0) is 50.8 Å². The van der Waals surface area contributed by atoms with Crippen LogP contribution in [0.1, 0.15) is 37.1 Å². The lowest BCUT2D eigenvalue weighted by Gasteiger charge is -2.22. The molecule has 1 saturated heterocycles. The van der Waals surface area contributed by atoms with Crippen LogP contribution in [-0.4, -0.2) is 40.5 Å². The molecule has 0 bridgehead atoms. The van der Waals surface area contributed by atoms with E-state index in [4.69, 9.17) is 16.0 Å². The number of rotatable bonds is 6. The van der Waals surface area contributed by atoms with E-state index in [0.717, 1.165) is 49.1 Å². The third kappa shape index (κ3) is 3.91. The Balaban J connectivity index is 1.40. The lowest BCUT2D eigenvalue weighted by atomic mass is 10.1. The molecule has 4 rings (SSSR count). The van der Waals surface area contributed by atoms with Crippen molar-refractivity contribution in [1.29, 1.82) is 5.26 Å². The summed E-state index contributed by atoms with van der Waals surface area (Å²) >= 11 is 6.07. The summed E-state index contributed by atoms with van der Waals surface area (Å²) in [5, 5.41) is 13.2. The first kappa shape index (κ1) is 19.0. The molecule has 0 radical (unpaired) electrons. The standard InChI is InChI=1S/C21H23ClN4O2/c1-14-18(25-20(28-14)15-4-2-5-16(22)10-15)11-21(7-8-21)24-13-19(27)26-9-3-6-17(26)12-23/h2,4-5,10,17,24H,3,6-9,11,13H2,1H3/t17-/m0/s1. The third-order valence-corrected chi connectivity index (χ3v) is 5.90. The van der Waals surface area contributed by atoms with E-state index in [0.29, 0.717) is 17.5 Å². The molecule has 2 heterocycles. The number of benzene rings is 1. The van der Waals surface area contributed by atoms with Gasteiger partial charge >= 0.3 is 0 Å². The Morgan fingerprint density at radius 2 is 2.32 bits per heavy atom. The number of oxazole rings is 1. The lowest BCUT2D eigenvalue weighted by Crippen LogP contribution is -2.45. The molecule has 2 fully saturated rings. The number of carbonyl (C=O) groups excluding carboxylic acids is 1. The maximum atomic E-state index is 12.5. The number of aryl methyl sites for hydroxylation is 1. The Labute approximate surface area is 169 Å². The number of nitriles is 1. The molecule has 1 aliphatic carbocycles. The van der Waals surface area contributed by atoms with Crippen molar-refractivity contribution in [3.05, 3.63) is 40.7 Å². The van der Waals surface area contributed by atoms with Crippen molar-refractivity contribution in [1.82, 2.24) is 15.2 Å². The van der Waals surface area contributed by atoms with E-state index in [-0.39, 0.29) is 24.0 Å². The number of likely N-dealkylation sites (tertiary alicyclic amines) is 1. The maximum Gasteiger partial charge on any atom is 0.237 e. The van der Waals surface area contributed by atoms with Gasteiger partial charge in [0.1, 0.15) is 11.8 Å². The van der Waals surface area contributed by atoms with Gasteiger partial charge < -0.3 is 14.6 Å². The molecule has 1 aromatic carbocycles. The fourth-order valence-electron chi connectivity index (χ4n) is 3.79. The van der Waals surface area contributed by atoms with Crippen molar-refractivity contribution in [2.75, 3.05) is 13.1 Å². The summed E-state index contributed by atoms with van der Waals surface area (Å²) in [4.78, 5) is 18.9. The molecule has 6 nitrogen and oxygen atoms in total. The minimum atomic E-state index is -0.275. The van der Waals surface area contributed by atoms with Gasteiger partial charge in [-0.1, -0.05) is 17.7 Å². The van der Waals surface area contributed by atoms with Crippen LogP contribution in [0.3, 0.4) is 0 Å². The van der Waals surface area contributed by atoms with Crippen LogP contribution in [0.2, 0.25) is 5.02 Å². The minimum Gasteiger partial charge on any atom is -0.441 e. The van der Waals surface area contributed by atoms with Gasteiger partial charge in [-0.2, -0.15) is 5.26 Å². The summed E-state index contributed by atoms with van der Waals surface area (Å²) in [6.45, 7) is 2.85. The minimum absolute atomic E-state index is 0.00631. The summed E-state index contributed by atoms with van der Waals surface area (Å²) < 4.78 is 5.86. The van der Waals surface area contributed by atoms with Crippen LogP contribution in [-0.2, 0) is 11.2 Å². The molecule has 28 heavy (non-hydrogen) atoms. The highest BCUT2D eigenvalue weighted by atomic mass is 35.5. The van der Waals surface area contributed by atoms with Crippen LogP contribution in [0.5, 0.6) is 0 Å². The van der Waals surface area contributed by atoms with Crippen LogP contribution in [0.25, 0.3) is 11.5 Å². The number of nitrogens with one attached hydrogen (secondary N) is 1. The van der Waals surface area contributed by atoms with Crippen molar-refractivity contribution in [3.8, 4) is 17.5 Å². The molecule has 1 aliphatic heterocycles. The number of amides is 1. The van der Waals surface area contributed by atoms with E-state index >= 15 is 0 Å². The molecular weight excluding hydrogens is 376 g/mol. The summed E-state index contributed by atoms with van der Waals surface area (Å²) in [5.41, 5.74) is 1.65. The molecule has 1 aromatic heterocycles. The molecule has 2 aromatic rings. The second-order valence-corrected chi connectivity index (χ2v) is 8.15. The number of carbonyl (C=O) groups is 1. The van der Waals surface area contributed by atoms with Crippen LogP contribution in [0.15, 0.2) is 28.7 Å². The number of aromatic nitrogens is 1. The Morgan fingerprint density at radius 3 is 3.04 bits per heavy atom. The zero-order valence-electron chi connectivity index (χ0n) is 15.9. The van der Waals surface area contributed by atoms with E-state index in [1.54, 1.807) is 4.90 Å².